The summed E-state index contributed by atoms with van der Waals surface area (Å²) in [5.74, 6) is -4.11. The summed E-state index contributed by atoms with van der Waals surface area (Å²) in [4.78, 5) is 28.1. The van der Waals surface area contributed by atoms with Crippen molar-refractivity contribution in [2.24, 2.45) is 7.05 Å². The summed E-state index contributed by atoms with van der Waals surface area (Å²) in [5.41, 5.74) is -1.74. The number of aryl methyl sites for hydroxylation is 2. The summed E-state index contributed by atoms with van der Waals surface area (Å²) in [6.45, 7) is 6.11. The maximum absolute atomic E-state index is 12.7. The van der Waals surface area contributed by atoms with Gasteiger partial charge in [0.2, 0.25) is 5.91 Å². The summed E-state index contributed by atoms with van der Waals surface area (Å²) >= 11 is 6.50. The monoisotopic (exact) mass is 2350 g/mol. The number of nitrogens with one attached hydrogen (secondary N) is 1. The fraction of sp³-hybridized carbons (Fsp3) is 0.133. The summed E-state index contributed by atoms with van der Waals surface area (Å²) in [5, 5.41) is 22.1. The number of rotatable bonds is 15. The van der Waals surface area contributed by atoms with E-state index in [0.717, 1.165) is 64.6 Å². The molecule has 0 spiro atoms. The number of carbonyl (C=O) groups is 1. The number of alkyl halides is 9. The van der Waals surface area contributed by atoms with E-state index in [4.69, 9.17) is 117 Å². The van der Waals surface area contributed by atoms with Gasteiger partial charge in [-0.25, -0.2) is 104 Å². The second-order valence-corrected chi connectivity index (χ2v) is 51.0. The lowest BCUT2D eigenvalue weighted by molar-refractivity contribution is -0.385. The van der Waals surface area contributed by atoms with Crippen LogP contribution in [0.15, 0.2) is 273 Å². The van der Waals surface area contributed by atoms with Crippen LogP contribution in [-0.4, -0.2) is 142 Å². The van der Waals surface area contributed by atoms with Gasteiger partial charge in [-0.2, -0.15) is 49.7 Å². The summed E-state index contributed by atoms with van der Waals surface area (Å²) in [6, 6.07) is 40.5. The molecule has 1 N–H and O–H groups in total. The van der Waals surface area contributed by atoms with Gasteiger partial charge in [-0.15, -0.1) is 11.3 Å². The number of halogens is 22. The van der Waals surface area contributed by atoms with Crippen LogP contribution < -0.4 is 10.2 Å². The van der Waals surface area contributed by atoms with Gasteiger partial charge >= 0.3 is 18.5 Å². The topological polar surface area (TPSA) is 467 Å². The molecule has 32 nitrogen and oxygen atoms in total. The number of anilines is 2. The first-order valence-corrected chi connectivity index (χ1v) is 58.0. The van der Waals surface area contributed by atoms with Gasteiger partial charge < -0.3 is 19.4 Å². The van der Waals surface area contributed by atoms with Crippen molar-refractivity contribution >= 4 is 234 Å². The normalized spacial score (nSPS) is 12.7. The molecule has 0 radical (unpaired) electrons. The molecule has 64 heteroatoms. The first-order chi connectivity index (χ1) is 63.7. The Kier molecular flexibility index (Phi) is 41.5. The number of aromatic nitrogens is 6. The fourth-order valence-corrected chi connectivity index (χ4v) is 19.2. The molecule has 0 unspecified atom stereocenters. The second kappa shape index (κ2) is 48.7. The Morgan fingerprint density at radius 2 is 1.01 bits per heavy atom. The van der Waals surface area contributed by atoms with Crippen LogP contribution in [0, 0.1) is 34.5 Å². The SMILES string of the molecule is CC(=O)Nc1ccc(S(=O)(=O)Cl)cc1Cl.Cc1ccc(S(=O)(=O)Cl)c2ccccc12.Cn1nc(-c2ccc(S(=O)(=O)Cl)s2)cc1C(F)(F)F.O=S(=O)(Cl)c1cc(C(F)(F)F)cc(C(F)(F)F)c1.O=S(=O)(Cl)c1ccc(-c2cnco2)cc1.O=S(=O)(Cl)c1ccc(-n2cccn2)cc1.O=S(=O)(Cl)c1ccc(F)c(F)c1F.O=S(=O)(Cl)c1ccc(N2CCOCC2)nc1.O=[N+]([O-])c1cccc(S(=O)(=O)Cl)c1. The minimum absolute atomic E-state index is 0.0196. The molecule has 139 heavy (non-hydrogen) atoms. The third-order valence-electron chi connectivity index (χ3n) is 16.6. The predicted octanol–water partition coefficient (Wildman–Crippen LogP) is 20.5. The van der Waals surface area contributed by atoms with Crippen molar-refractivity contribution in [2.45, 2.75) is 75.7 Å². The molecule has 6 heterocycles. The minimum atomic E-state index is -5.11. The molecule has 1 saturated heterocycles. The number of hydrogen-bond donors (Lipinski definition) is 1. The van der Waals surface area contributed by atoms with Crippen molar-refractivity contribution in [1.29, 1.82) is 0 Å². The molecular formula is C75H55Cl10F12N9O23S10. The molecule has 0 saturated carbocycles. The number of morpholine rings is 1. The van der Waals surface area contributed by atoms with Crippen LogP contribution in [0.1, 0.15) is 29.3 Å². The van der Waals surface area contributed by atoms with Gasteiger partial charge in [0.25, 0.3) is 87.1 Å². The van der Waals surface area contributed by atoms with Crippen LogP contribution in [0.3, 0.4) is 0 Å². The van der Waals surface area contributed by atoms with E-state index in [9.17, 15) is 143 Å². The van der Waals surface area contributed by atoms with Crippen LogP contribution >= 0.6 is 119 Å². The first-order valence-electron chi connectivity index (χ1n) is 36.0. The zero-order valence-corrected chi connectivity index (χ0v) is 84.3. The van der Waals surface area contributed by atoms with E-state index < -0.39 is 149 Å². The van der Waals surface area contributed by atoms with E-state index in [1.54, 1.807) is 83.9 Å². The highest BCUT2D eigenvalue weighted by molar-refractivity contribution is 8.16. The predicted molar refractivity (Wildman–Crippen MR) is 492 cm³/mol. The van der Waals surface area contributed by atoms with E-state index in [1.807, 2.05) is 24.0 Å². The van der Waals surface area contributed by atoms with Gasteiger partial charge in [0.15, 0.2) is 29.6 Å². The zero-order chi connectivity index (χ0) is 105. The van der Waals surface area contributed by atoms with Crippen LogP contribution in [0.4, 0.5) is 69.9 Å². The molecule has 0 aliphatic carbocycles. The second-order valence-electron chi connectivity index (χ2n) is 26.3. The molecule has 14 rings (SSSR count). The average molecular weight is 2350 g/mol. The van der Waals surface area contributed by atoms with E-state index in [0.29, 0.717) is 51.7 Å². The number of nitrogens with zero attached hydrogens (tertiary/aromatic N) is 8. The van der Waals surface area contributed by atoms with Crippen molar-refractivity contribution in [3.8, 4) is 27.6 Å². The van der Waals surface area contributed by atoms with Gasteiger partial charge in [-0.1, -0.05) is 48.0 Å². The number of benzene rings is 8. The summed E-state index contributed by atoms with van der Waals surface area (Å²) in [7, 11) is 11.5. The number of nitro groups is 1. The van der Waals surface area contributed by atoms with Crippen molar-refractivity contribution in [1.82, 2.24) is 29.5 Å². The van der Waals surface area contributed by atoms with Gasteiger partial charge in [-0.3, -0.25) is 19.6 Å². The van der Waals surface area contributed by atoms with E-state index in [1.165, 1.54) is 105 Å². The van der Waals surface area contributed by atoms with Crippen LogP contribution in [0.5, 0.6) is 0 Å². The van der Waals surface area contributed by atoms with Crippen LogP contribution in [0.25, 0.3) is 38.4 Å². The number of hydrogen-bond acceptors (Lipinski definition) is 29. The Labute approximate surface area is 830 Å². The van der Waals surface area contributed by atoms with Crippen molar-refractivity contribution in [2.75, 3.05) is 36.5 Å². The van der Waals surface area contributed by atoms with Crippen molar-refractivity contribution in [3.63, 3.8) is 0 Å². The third-order valence-corrected chi connectivity index (χ3v) is 31.0. The number of amides is 1. The van der Waals surface area contributed by atoms with Crippen molar-refractivity contribution in [3.05, 3.63) is 280 Å². The first kappa shape index (κ1) is 118. The number of nitro benzene ring substituents is 1. The number of pyridine rings is 1. The minimum Gasteiger partial charge on any atom is -0.444 e. The highest BCUT2D eigenvalue weighted by Crippen LogP contribution is 2.40. The molecular weight excluding hydrogens is 2300 g/mol. The van der Waals surface area contributed by atoms with Crippen LogP contribution in [-0.2, 0) is 117 Å². The van der Waals surface area contributed by atoms with E-state index in [2.05, 4.69) is 25.5 Å². The molecule has 8 aromatic carbocycles. The lowest BCUT2D eigenvalue weighted by Crippen LogP contribution is -2.36. The number of non-ortho nitro benzene ring substituents is 1. The van der Waals surface area contributed by atoms with Gasteiger partial charge in [0, 0.05) is 165 Å². The van der Waals surface area contributed by atoms with E-state index >= 15 is 0 Å². The Morgan fingerprint density at radius 3 is 1.44 bits per heavy atom. The maximum atomic E-state index is 12.7. The Bertz CT molecular complexity index is 7580. The number of thiophene rings is 1. The maximum Gasteiger partial charge on any atom is 0.433 e. The van der Waals surface area contributed by atoms with Crippen LogP contribution in [0.2, 0.25) is 5.02 Å². The van der Waals surface area contributed by atoms with Gasteiger partial charge in [0.05, 0.1) is 86.1 Å². The molecule has 1 amide bonds. The number of ether oxygens (including phenoxy) is 1. The zero-order valence-electron chi connectivity index (χ0n) is 68.6. The molecule has 1 aliphatic heterocycles. The average Bonchev–Trinajstić information content (AvgIpc) is 1.71. The Morgan fingerprint density at radius 1 is 0.504 bits per heavy atom. The molecule has 752 valence electrons. The molecule has 5 aromatic heterocycles. The van der Waals surface area contributed by atoms with Gasteiger partial charge in [-0.05, 0) is 163 Å². The lowest BCUT2D eigenvalue weighted by Gasteiger charge is -2.27. The quantitative estimate of drug-likeness (QED) is 0.0327. The molecule has 0 bridgehead atoms. The molecule has 13 aromatic rings. The summed E-state index contributed by atoms with van der Waals surface area (Å²) < 4.78 is 358. The standard InChI is InChI=1S/C11H9ClO2S.C9H6ClF3N2O2S2.C9H11ClN2O3S.C9H7ClN2O2S.C9H6ClNO3S.C8H7Cl2NO3S.C8H3ClF6O2S.C6H2ClF3O2S.C6H4ClNO4S/c1-8-6-7-11(15(12,13)14)10-5-3-2-4-9(8)10;1-15-7(9(11,12)13)4-5(14-15)6-2-3-8(18-6)19(10,16)17;10-16(13,14)8-1-2-9(11-7-8)12-3-5-15-6-4-12;10-15(13,14)9-4-2-8(3-5-9)12-7-1-6-11-12;10-15(12,13)8-3-1-7(2-4-8)9-5-11-6-14-9;1-5(12)11-8-3-2-6(4-7(8)9)15(10,13)14;9-18(16,17)6-2-4(7(10,11)12)1-5(3-6)8(13,14)15;7-13(11,12)4-2-1-3(8)5(9)6(4)10;7-13(11,12)6-3-1-2-5(4-6)8(9)10/h2-7H,1H3;2-4H,1H3;1-2,7H,3-6H2;1-7H;1-6H;2-4H,1H3,(H,11,12);1-3H;1-2H;1-4H. The number of fused-ring (bicyclic) bond motifs is 1. The number of oxazole rings is 1. The lowest BCUT2D eigenvalue weighted by atomic mass is 10.1. The highest BCUT2D eigenvalue weighted by Gasteiger charge is 2.39. The third kappa shape index (κ3) is 37.2. The smallest absolute Gasteiger partial charge is 0.433 e. The highest BCUT2D eigenvalue weighted by atomic mass is 35.7. The Balaban J connectivity index is 0.000000240. The Hall–Kier alpha value is -9.26. The van der Waals surface area contributed by atoms with E-state index in [-0.39, 0.29) is 74.1 Å². The summed E-state index contributed by atoms with van der Waals surface area (Å²) in [6.07, 6.45) is -7.21. The number of carbonyl (C=O) groups excluding carboxylic acids is 1. The largest absolute Gasteiger partial charge is 0.444 e. The molecule has 0 atom stereocenters. The molecule has 1 aliphatic rings. The van der Waals surface area contributed by atoms with Crippen molar-refractivity contribution < 1.29 is 147 Å². The molecule has 1 fully saturated rings. The fourth-order valence-electron chi connectivity index (χ4n) is 10.3. The van der Waals surface area contributed by atoms with Gasteiger partial charge in [0.1, 0.15) is 31.2 Å².